The minimum absolute atomic E-state index is 0.326. The fraction of sp³-hybridized carbons (Fsp3) is 0.273. The fourth-order valence-electron chi connectivity index (χ4n) is 0.991. The Labute approximate surface area is 83.4 Å². The molecular formula is C11H13NO2. The van der Waals surface area contributed by atoms with E-state index < -0.39 is 5.97 Å². The van der Waals surface area contributed by atoms with Gasteiger partial charge in [0.1, 0.15) is 5.69 Å². The molecule has 3 heteroatoms. The van der Waals surface area contributed by atoms with Crippen molar-refractivity contribution in [3.63, 3.8) is 0 Å². The lowest BCUT2D eigenvalue weighted by molar-refractivity contribution is 0.0519. The number of rotatable bonds is 3. The Hall–Kier alpha value is -1.64. The van der Waals surface area contributed by atoms with Crippen molar-refractivity contribution in [1.29, 1.82) is 0 Å². The molecule has 1 heterocycles. The molecule has 0 unspecified atom stereocenters. The summed E-state index contributed by atoms with van der Waals surface area (Å²) in [6.45, 7) is 7.73. The van der Waals surface area contributed by atoms with Crippen LogP contribution in [0.15, 0.2) is 24.8 Å². The Bertz CT molecular complexity index is 358. The van der Waals surface area contributed by atoms with Crippen molar-refractivity contribution < 1.29 is 9.53 Å². The molecule has 1 aromatic rings. The molecule has 0 bridgehead atoms. The highest BCUT2D eigenvalue weighted by Crippen LogP contribution is 2.09. The molecule has 0 aliphatic rings. The lowest BCUT2D eigenvalue weighted by atomic mass is 10.2. The number of nitrogens with zero attached hydrogens (tertiary/aromatic N) is 1. The summed E-state index contributed by atoms with van der Waals surface area (Å²) in [4.78, 5) is 15.4. The summed E-state index contributed by atoms with van der Waals surface area (Å²) in [6.07, 6.45) is 0. The first kappa shape index (κ1) is 10.4. The zero-order chi connectivity index (χ0) is 10.6. The molecule has 3 nitrogen and oxygen atoms in total. The standard InChI is InChI=1S/C11H13NO2/c1-4-14-11(13)10-7-5-6-9(12-10)8(2)3/h5-7H,2,4H2,1,3H3. The van der Waals surface area contributed by atoms with Crippen LogP contribution in [0.2, 0.25) is 0 Å². The number of hydrogen-bond donors (Lipinski definition) is 0. The number of aromatic nitrogens is 1. The van der Waals surface area contributed by atoms with E-state index in [1.165, 1.54) is 0 Å². The zero-order valence-electron chi connectivity index (χ0n) is 8.41. The summed E-state index contributed by atoms with van der Waals surface area (Å²) in [5, 5.41) is 0. The van der Waals surface area contributed by atoms with Crippen LogP contribution in [0.3, 0.4) is 0 Å². The van der Waals surface area contributed by atoms with E-state index in [0.29, 0.717) is 12.3 Å². The second-order valence-corrected chi connectivity index (χ2v) is 2.91. The molecule has 0 saturated carbocycles. The van der Waals surface area contributed by atoms with Crippen LogP contribution in [-0.4, -0.2) is 17.6 Å². The highest BCUT2D eigenvalue weighted by molar-refractivity contribution is 5.87. The van der Waals surface area contributed by atoms with E-state index in [1.807, 2.05) is 13.0 Å². The Balaban J connectivity index is 2.93. The molecule has 0 saturated heterocycles. The minimum Gasteiger partial charge on any atom is -0.461 e. The molecule has 74 valence electrons. The second-order valence-electron chi connectivity index (χ2n) is 2.91. The first-order valence-electron chi connectivity index (χ1n) is 4.45. The van der Waals surface area contributed by atoms with E-state index in [4.69, 9.17) is 4.74 Å². The highest BCUT2D eigenvalue weighted by Gasteiger charge is 2.08. The monoisotopic (exact) mass is 191 g/mol. The summed E-state index contributed by atoms with van der Waals surface area (Å²) >= 11 is 0. The van der Waals surface area contributed by atoms with Crippen LogP contribution in [0, 0.1) is 0 Å². The first-order chi connectivity index (χ1) is 6.65. The Morgan fingerprint density at radius 2 is 2.14 bits per heavy atom. The SMILES string of the molecule is C=C(C)c1cccc(C(=O)OCC)n1. The molecule has 0 fully saturated rings. The van der Waals surface area contributed by atoms with Gasteiger partial charge in [-0.2, -0.15) is 0 Å². The highest BCUT2D eigenvalue weighted by atomic mass is 16.5. The van der Waals surface area contributed by atoms with Crippen molar-refractivity contribution in [1.82, 2.24) is 4.98 Å². The first-order valence-corrected chi connectivity index (χ1v) is 4.45. The van der Waals surface area contributed by atoms with Crippen molar-refractivity contribution in [2.45, 2.75) is 13.8 Å². The molecule has 0 aliphatic carbocycles. The van der Waals surface area contributed by atoms with Gasteiger partial charge in [-0.15, -0.1) is 0 Å². The smallest absolute Gasteiger partial charge is 0.356 e. The number of pyridine rings is 1. The summed E-state index contributed by atoms with van der Waals surface area (Å²) < 4.78 is 4.83. The van der Waals surface area contributed by atoms with Crippen molar-refractivity contribution in [3.8, 4) is 0 Å². The maximum absolute atomic E-state index is 11.3. The van der Waals surface area contributed by atoms with Gasteiger partial charge in [-0.25, -0.2) is 9.78 Å². The van der Waals surface area contributed by atoms with Crippen LogP contribution in [0.25, 0.3) is 5.57 Å². The Kier molecular flexibility index (Phi) is 3.40. The topological polar surface area (TPSA) is 39.2 Å². The number of esters is 1. The predicted molar refractivity (Wildman–Crippen MR) is 54.9 cm³/mol. The van der Waals surface area contributed by atoms with E-state index in [2.05, 4.69) is 11.6 Å². The van der Waals surface area contributed by atoms with Gasteiger partial charge in [0, 0.05) is 0 Å². The fourth-order valence-corrected chi connectivity index (χ4v) is 0.991. The van der Waals surface area contributed by atoms with Crippen molar-refractivity contribution >= 4 is 11.5 Å². The molecule has 0 spiro atoms. The van der Waals surface area contributed by atoms with Crippen LogP contribution >= 0.6 is 0 Å². The van der Waals surface area contributed by atoms with E-state index in [1.54, 1.807) is 19.1 Å². The summed E-state index contributed by atoms with van der Waals surface area (Å²) in [7, 11) is 0. The van der Waals surface area contributed by atoms with Crippen LogP contribution < -0.4 is 0 Å². The van der Waals surface area contributed by atoms with Crippen molar-refractivity contribution in [2.75, 3.05) is 6.61 Å². The lowest BCUT2D eigenvalue weighted by Crippen LogP contribution is -2.07. The number of hydrogen-bond acceptors (Lipinski definition) is 3. The predicted octanol–water partition coefficient (Wildman–Crippen LogP) is 2.29. The number of allylic oxidation sites excluding steroid dienone is 1. The van der Waals surface area contributed by atoms with Crippen LogP contribution in [0.1, 0.15) is 30.0 Å². The molecule has 0 aliphatic heterocycles. The number of ether oxygens (including phenoxy) is 1. The normalized spacial score (nSPS) is 9.57. The quantitative estimate of drug-likeness (QED) is 0.688. The third kappa shape index (κ3) is 2.42. The third-order valence-corrected chi connectivity index (χ3v) is 1.67. The van der Waals surface area contributed by atoms with E-state index in [0.717, 1.165) is 11.3 Å². The zero-order valence-corrected chi connectivity index (χ0v) is 8.41. The average Bonchev–Trinajstić information content (AvgIpc) is 2.18. The van der Waals surface area contributed by atoms with Crippen LogP contribution in [-0.2, 0) is 4.74 Å². The summed E-state index contributed by atoms with van der Waals surface area (Å²) in [5.41, 5.74) is 1.87. The van der Waals surface area contributed by atoms with Crippen LogP contribution in [0.5, 0.6) is 0 Å². The number of carbonyl (C=O) groups is 1. The average molecular weight is 191 g/mol. The molecule has 1 aromatic heterocycles. The molecule has 0 aromatic carbocycles. The maximum atomic E-state index is 11.3. The Morgan fingerprint density at radius 1 is 1.50 bits per heavy atom. The minimum atomic E-state index is -0.393. The Morgan fingerprint density at radius 3 is 2.71 bits per heavy atom. The van der Waals surface area contributed by atoms with Gasteiger partial charge in [-0.1, -0.05) is 12.6 Å². The van der Waals surface area contributed by atoms with Gasteiger partial charge in [-0.05, 0) is 31.6 Å². The van der Waals surface area contributed by atoms with Gasteiger partial charge < -0.3 is 4.74 Å². The van der Waals surface area contributed by atoms with Crippen molar-refractivity contribution in [3.05, 3.63) is 36.2 Å². The lowest BCUT2D eigenvalue weighted by Gasteiger charge is -2.03. The van der Waals surface area contributed by atoms with Crippen molar-refractivity contribution in [2.24, 2.45) is 0 Å². The van der Waals surface area contributed by atoms with E-state index in [-0.39, 0.29) is 0 Å². The van der Waals surface area contributed by atoms with Gasteiger partial charge in [-0.3, -0.25) is 0 Å². The third-order valence-electron chi connectivity index (χ3n) is 1.67. The molecule has 0 amide bonds. The van der Waals surface area contributed by atoms with Gasteiger partial charge >= 0.3 is 5.97 Å². The van der Waals surface area contributed by atoms with Crippen LogP contribution in [0.4, 0.5) is 0 Å². The largest absolute Gasteiger partial charge is 0.461 e. The van der Waals surface area contributed by atoms with E-state index >= 15 is 0 Å². The van der Waals surface area contributed by atoms with E-state index in [9.17, 15) is 4.79 Å². The van der Waals surface area contributed by atoms with Gasteiger partial charge in [0.05, 0.1) is 12.3 Å². The molecule has 0 N–H and O–H groups in total. The maximum Gasteiger partial charge on any atom is 0.356 e. The number of carbonyl (C=O) groups excluding carboxylic acids is 1. The van der Waals surface area contributed by atoms with Gasteiger partial charge in [0.25, 0.3) is 0 Å². The summed E-state index contributed by atoms with van der Waals surface area (Å²) in [6, 6.07) is 5.21. The van der Waals surface area contributed by atoms with Gasteiger partial charge in [0.2, 0.25) is 0 Å². The molecule has 14 heavy (non-hydrogen) atoms. The molecule has 0 atom stereocenters. The molecule has 0 radical (unpaired) electrons. The van der Waals surface area contributed by atoms with Gasteiger partial charge in [0.15, 0.2) is 0 Å². The summed E-state index contributed by atoms with van der Waals surface area (Å²) in [5.74, 6) is -0.393. The molecular weight excluding hydrogens is 178 g/mol. The molecule has 1 rings (SSSR count). The second kappa shape index (κ2) is 4.56.